The van der Waals surface area contributed by atoms with Crippen molar-refractivity contribution in [3.8, 4) is 16.9 Å². The largest absolute Gasteiger partial charge is 0.490 e. The Labute approximate surface area is 184 Å². The van der Waals surface area contributed by atoms with Crippen LogP contribution in [-0.2, 0) is 16.8 Å². The molecule has 5 rings (SSSR count). The van der Waals surface area contributed by atoms with E-state index >= 15 is 0 Å². The van der Waals surface area contributed by atoms with Crippen LogP contribution in [0.1, 0.15) is 38.5 Å². The maximum Gasteiger partial charge on any atom is 0.274 e. The van der Waals surface area contributed by atoms with Crippen LogP contribution in [0.2, 0.25) is 0 Å². The van der Waals surface area contributed by atoms with E-state index in [1.165, 1.54) is 4.57 Å². The fraction of sp³-hybridized carbons (Fsp3) is 0.435. The van der Waals surface area contributed by atoms with Gasteiger partial charge in [0.2, 0.25) is 5.92 Å². The number of rotatable bonds is 5. The molecule has 2 N–H and O–H groups in total. The fourth-order valence-corrected chi connectivity index (χ4v) is 6.15. The Bertz CT molecular complexity index is 1350. The number of alkyl halides is 2. The average Bonchev–Trinajstić information content (AvgIpc) is 3.51. The highest BCUT2D eigenvalue weighted by atomic mass is 32.2. The molecule has 0 aliphatic heterocycles. The second-order valence-corrected chi connectivity index (χ2v) is 11.2. The summed E-state index contributed by atoms with van der Waals surface area (Å²) in [6, 6.07) is 6.85. The third-order valence-electron chi connectivity index (χ3n) is 6.44. The van der Waals surface area contributed by atoms with Gasteiger partial charge in [-0.05, 0) is 49.9 Å². The highest BCUT2D eigenvalue weighted by Gasteiger charge is 2.37. The molecule has 0 amide bonds. The first-order valence-corrected chi connectivity index (χ1v) is 12.4. The van der Waals surface area contributed by atoms with E-state index in [1.54, 1.807) is 43.7 Å². The van der Waals surface area contributed by atoms with E-state index in [1.807, 2.05) is 0 Å². The molecule has 1 atom stereocenters. The van der Waals surface area contributed by atoms with Crippen LogP contribution < -0.4 is 10.3 Å². The molecule has 9 heteroatoms. The SMILES string of the molecule is Cn1cc(-c2cc(S(=N)(=O)C3CC3)ccc2OC2CCC(F)(F)CC2)c2cc[nH]c2c1=O. The number of benzene rings is 1. The molecule has 6 nitrogen and oxygen atoms in total. The zero-order chi connectivity index (χ0) is 22.7. The van der Waals surface area contributed by atoms with E-state index in [0.717, 1.165) is 12.8 Å². The summed E-state index contributed by atoms with van der Waals surface area (Å²) in [5, 5.41) is 0.545. The van der Waals surface area contributed by atoms with Crippen molar-refractivity contribution >= 4 is 20.6 Å². The predicted octanol–water partition coefficient (Wildman–Crippen LogP) is 5.06. The van der Waals surface area contributed by atoms with Crippen molar-refractivity contribution in [2.24, 2.45) is 7.05 Å². The van der Waals surface area contributed by atoms with Gasteiger partial charge < -0.3 is 14.3 Å². The van der Waals surface area contributed by atoms with Crippen molar-refractivity contribution in [1.29, 1.82) is 4.78 Å². The normalized spacial score (nSPS) is 20.8. The number of nitrogens with zero attached hydrogens (tertiary/aromatic N) is 1. The average molecular weight is 462 g/mol. The molecule has 1 aromatic carbocycles. The number of fused-ring (bicyclic) bond motifs is 1. The van der Waals surface area contributed by atoms with E-state index in [2.05, 4.69) is 4.98 Å². The summed E-state index contributed by atoms with van der Waals surface area (Å²) in [6.45, 7) is 0. The number of aromatic nitrogens is 2. The van der Waals surface area contributed by atoms with Crippen LogP contribution in [-0.4, -0.2) is 31.0 Å². The van der Waals surface area contributed by atoms with Gasteiger partial charge in [0.05, 0.1) is 15.8 Å². The number of aryl methyl sites for hydroxylation is 1. The standard InChI is InChI=1S/C23H25F2N3O3S/c1-28-13-19(17-8-11-27-21(17)22(28)29)18-12-16(32(26,30)15-2-3-15)4-5-20(18)31-14-6-9-23(24,25)10-7-14/h4-5,8,11-15,26-27H,2-3,6-7,9-10H2,1H3. The molecule has 2 saturated carbocycles. The third kappa shape index (κ3) is 3.72. The van der Waals surface area contributed by atoms with E-state index in [4.69, 9.17) is 9.52 Å². The van der Waals surface area contributed by atoms with Crippen LogP contribution in [0.4, 0.5) is 8.78 Å². The summed E-state index contributed by atoms with van der Waals surface area (Å²) in [5.41, 5.74) is 1.57. The zero-order valence-electron chi connectivity index (χ0n) is 17.7. The Balaban J connectivity index is 1.63. The van der Waals surface area contributed by atoms with Gasteiger partial charge in [0, 0.05) is 58.9 Å². The molecule has 0 radical (unpaired) electrons. The molecule has 0 spiro atoms. The third-order valence-corrected chi connectivity index (χ3v) is 8.80. The van der Waals surface area contributed by atoms with Crippen LogP contribution in [0.15, 0.2) is 46.3 Å². The van der Waals surface area contributed by atoms with Gasteiger partial charge in [-0.1, -0.05) is 0 Å². The lowest BCUT2D eigenvalue weighted by Crippen LogP contribution is -2.30. The summed E-state index contributed by atoms with van der Waals surface area (Å²) in [5.74, 6) is -2.17. The van der Waals surface area contributed by atoms with Crippen molar-refractivity contribution in [1.82, 2.24) is 9.55 Å². The fourth-order valence-electron chi connectivity index (χ4n) is 4.40. The summed E-state index contributed by atoms with van der Waals surface area (Å²) in [7, 11) is -1.30. The lowest BCUT2D eigenvalue weighted by Gasteiger charge is -2.29. The number of nitrogens with one attached hydrogen (secondary N) is 2. The molecule has 2 aliphatic rings. The number of aromatic amines is 1. The number of H-pyrrole nitrogens is 1. The Morgan fingerprint density at radius 2 is 1.88 bits per heavy atom. The first-order chi connectivity index (χ1) is 15.2. The van der Waals surface area contributed by atoms with Crippen LogP contribution in [0.3, 0.4) is 0 Å². The highest BCUT2D eigenvalue weighted by Crippen LogP contribution is 2.41. The van der Waals surface area contributed by atoms with Gasteiger partial charge in [-0.25, -0.2) is 17.8 Å². The van der Waals surface area contributed by atoms with Crippen LogP contribution >= 0.6 is 0 Å². The van der Waals surface area contributed by atoms with Gasteiger partial charge in [-0.15, -0.1) is 0 Å². The molecule has 1 unspecified atom stereocenters. The van der Waals surface area contributed by atoms with Crippen molar-refractivity contribution in [3.63, 3.8) is 0 Å². The lowest BCUT2D eigenvalue weighted by molar-refractivity contribution is -0.0581. The van der Waals surface area contributed by atoms with Crippen molar-refractivity contribution < 1.29 is 17.7 Å². The molecule has 2 heterocycles. The maximum atomic E-state index is 13.6. The number of halogens is 2. The van der Waals surface area contributed by atoms with Crippen molar-refractivity contribution in [3.05, 3.63) is 47.0 Å². The number of hydrogen-bond acceptors (Lipinski definition) is 4. The molecule has 0 bridgehead atoms. The minimum absolute atomic E-state index is 0.143. The molecule has 2 fully saturated rings. The molecule has 32 heavy (non-hydrogen) atoms. The van der Waals surface area contributed by atoms with E-state index in [9.17, 15) is 17.8 Å². The second kappa shape index (κ2) is 7.43. The van der Waals surface area contributed by atoms with Crippen LogP contribution in [0.5, 0.6) is 5.75 Å². The van der Waals surface area contributed by atoms with Gasteiger partial charge in [-0.3, -0.25) is 4.79 Å². The van der Waals surface area contributed by atoms with Gasteiger partial charge in [0.25, 0.3) is 5.56 Å². The molecule has 0 saturated heterocycles. The first kappa shape index (κ1) is 21.2. The summed E-state index contributed by atoms with van der Waals surface area (Å²) < 4.78 is 56.4. The minimum Gasteiger partial charge on any atom is -0.490 e. The molecule has 2 aromatic heterocycles. The number of ether oxygens (including phenoxy) is 1. The zero-order valence-corrected chi connectivity index (χ0v) is 18.5. The quantitative estimate of drug-likeness (QED) is 0.557. The van der Waals surface area contributed by atoms with Gasteiger partial charge in [0.15, 0.2) is 0 Å². The second-order valence-electron chi connectivity index (χ2n) is 8.86. The van der Waals surface area contributed by atoms with Crippen molar-refractivity contribution in [2.45, 2.75) is 60.7 Å². The predicted molar refractivity (Wildman–Crippen MR) is 119 cm³/mol. The Morgan fingerprint density at radius 3 is 2.56 bits per heavy atom. The topological polar surface area (TPSA) is 87.9 Å². The highest BCUT2D eigenvalue weighted by molar-refractivity contribution is 7.93. The van der Waals surface area contributed by atoms with Crippen LogP contribution in [0.25, 0.3) is 22.0 Å². The number of hydrogen-bond donors (Lipinski definition) is 2. The summed E-state index contributed by atoms with van der Waals surface area (Å²) in [4.78, 5) is 15.9. The monoisotopic (exact) mass is 461 g/mol. The van der Waals surface area contributed by atoms with Gasteiger partial charge in [0.1, 0.15) is 11.3 Å². The maximum absolute atomic E-state index is 13.6. The number of pyridine rings is 1. The molecule has 3 aromatic rings. The van der Waals surface area contributed by atoms with E-state index in [-0.39, 0.29) is 42.6 Å². The van der Waals surface area contributed by atoms with E-state index < -0.39 is 15.7 Å². The Hall–Kier alpha value is -2.68. The van der Waals surface area contributed by atoms with E-state index in [0.29, 0.717) is 32.7 Å². The summed E-state index contributed by atoms with van der Waals surface area (Å²) >= 11 is 0. The minimum atomic E-state index is -2.95. The Morgan fingerprint density at radius 1 is 1.16 bits per heavy atom. The smallest absolute Gasteiger partial charge is 0.274 e. The van der Waals surface area contributed by atoms with Crippen LogP contribution in [0, 0.1) is 4.78 Å². The molecule has 170 valence electrons. The van der Waals surface area contributed by atoms with Gasteiger partial charge in [-0.2, -0.15) is 0 Å². The summed E-state index contributed by atoms with van der Waals surface area (Å²) in [6.07, 6.45) is 4.64. The first-order valence-electron chi connectivity index (χ1n) is 10.8. The molecular formula is C23H25F2N3O3S. The Kier molecular flexibility index (Phi) is 4.92. The van der Waals surface area contributed by atoms with Gasteiger partial charge >= 0.3 is 0 Å². The molecular weight excluding hydrogens is 436 g/mol. The molecule has 2 aliphatic carbocycles. The lowest BCUT2D eigenvalue weighted by atomic mass is 9.94. The van der Waals surface area contributed by atoms with Crippen molar-refractivity contribution in [2.75, 3.05) is 0 Å².